The molecule has 0 atom stereocenters. The Bertz CT molecular complexity index is 710. The van der Waals surface area contributed by atoms with Gasteiger partial charge in [0.15, 0.2) is 0 Å². The van der Waals surface area contributed by atoms with Gasteiger partial charge in [-0.25, -0.2) is 4.39 Å². The van der Waals surface area contributed by atoms with Crippen molar-refractivity contribution in [3.63, 3.8) is 0 Å². The summed E-state index contributed by atoms with van der Waals surface area (Å²) in [6.45, 7) is 0. The smallest absolute Gasteiger partial charge is 0.148 e. The van der Waals surface area contributed by atoms with Crippen LogP contribution in [-0.2, 0) is 0 Å². The SMILES string of the molecule is N#Cc1ccc(Nc2cccc(F)c2N)cc1C#N. The number of nitrogens with two attached hydrogens (primary N) is 1. The van der Waals surface area contributed by atoms with Crippen molar-refractivity contribution >= 4 is 17.1 Å². The summed E-state index contributed by atoms with van der Waals surface area (Å²) < 4.78 is 13.3. The molecule has 0 aliphatic heterocycles. The number of anilines is 3. The van der Waals surface area contributed by atoms with Crippen LogP contribution in [0.1, 0.15) is 11.1 Å². The van der Waals surface area contributed by atoms with Gasteiger partial charge in [0.25, 0.3) is 0 Å². The zero-order valence-corrected chi connectivity index (χ0v) is 9.81. The van der Waals surface area contributed by atoms with E-state index in [-0.39, 0.29) is 11.3 Å². The lowest BCUT2D eigenvalue weighted by Crippen LogP contribution is -1.99. The van der Waals surface area contributed by atoms with Gasteiger partial charge in [0, 0.05) is 5.69 Å². The van der Waals surface area contributed by atoms with E-state index in [1.54, 1.807) is 12.1 Å². The number of rotatable bonds is 2. The Morgan fingerprint density at radius 3 is 2.47 bits per heavy atom. The average Bonchev–Trinajstić information content (AvgIpc) is 2.43. The number of nitrogen functional groups attached to an aromatic ring is 1. The van der Waals surface area contributed by atoms with Gasteiger partial charge in [0.1, 0.15) is 18.0 Å². The van der Waals surface area contributed by atoms with Crippen LogP contribution in [0.2, 0.25) is 0 Å². The van der Waals surface area contributed by atoms with E-state index < -0.39 is 5.82 Å². The van der Waals surface area contributed by atoms with Crippen LogP contribution < -0.4 is 11.1 Å². The van der Waals surface area contributed by atoms with Crippen molar-refractivity contribution in [3.05, 3.63) is 53.3 Å². The van der Waals surface area contributed by atoms with E-state index in [9.17, 15) is 4.39 Å². The fourth-order valence-electron chi connectivity index (χ4n) is 1.61. The van der Waals surface area contributed by atoms with Crippen molar-refractivity contribution in [2.75, 3.05) is 11.1 Å². The van der Waals surface area contributed by atoms with Crippen LogP contribution in [0.3, 0.4) is 0 Å². The second kappa shape index (κ2) is 5.07. The molecule has 2 rings (SSSR count). The number of nitriles is 2. The van der Waals surface area contributed by atoms with Gasteiger partial charge in [-0.1, -0.05) is 6.07 Å². The Hall–Kier alpha value is -3.05. The zero-order chi connectivity index (χ0) is 13.8. The number of halogens is 1. The van der Waals surface area contributed by atoms with Crippen LogP contribution in [0.4, 0.5) is 21.5 Å². The van der Waals surface area contributed by atoms with Crippen molar-refractivity contribution in [2.24, 2.45) is 0 Å². The molecule has 0 saturated heterocycles. The van der Waals surface area contributed by atoms with Gasteiger partial charge in [-0.3, -0.25) is 0 Å². The molecule has 0 fully saturated rings. The maximum Gasteiger partial charge on any atom is 0.148 e. The molecule has 19 heavy (non-hydrogen) atoms. The summed E-state index contributed by atoms with van der Waals surface area (Å²) in [5, 5.41) is 20.7. The highest BCUT2D eigenvalue weighted by atomic mass is 19.1. The fraction of sp³-hybridized carbons (Fsp3) is 0. The maximum absolute atomic E-state index is 13.3. The fourth-order valence-corrected chi connectivity index (χ4v) is 1.61. The molecule has 3 N–H and O–H groups in total. The number of nitrogens with one attached hydrogen (secondary N) is 1. The van der Waals surface area contributed by atoms with E-state index in [4.69, 9.17) is 16.3 Å². The van der Waals surface area contributed by atoms with E-state index in [1.807, 2.05) is 12.1 Å². The summed E-state index contributed by atoms with van der Waals surface area (Å²) >= 11 is 0. The summed E-state index contributed by atoms with van der Waals surface area (Å²) in [4.78, 5) is 0. The molecule has 0 saturated carbocycles. The lowest BCUT2D eigenvalue weighted by Gasteiger charge is -2.10. The second-order valence-corrected chi connectivity index (χ2v) is 3.81. The van der Waals surface area contributed by atoms with Crippen LogP contribution in [0.25, 0.3) is 0 Å². The first kappa shape index (κ1) is 12.4. The summed E-state index contributed by atoms with van der Waals surface area (Å²) in [5.74, 6) is -0.515. The maximum atomic E-state index is 13.3. The van der Waals surface area contributed by atoms with E-state index in [0.29, 0.717) is 16.9 Å². The third-order valence-electron chi connectivity index (χ3n) is 2.59. The number of nitrogens with zero attached hydrogens (tertiary/aromatic N) is 2. The zero-order valence-electron chi connectivity index (χ0n) is 9.81. The van der Waals surface area contributed by atoms with Gasteiger partial charge < -0.3 is 11.1 Å². The number of hydrogen-bond acceptors (Lipinski definition) is 4. The molecule has 0 aliphatic rings. The van der Waals surface area contributed by atoms with E-state index in [1.165, 1.54) is 24.3 Å². The highest BCUT2D eigenvalue weighted by molar-refractivity contribution is 5.73. The van der Waals surface area contributed by atoms with Crippen molar-refractivity contribution in [1.29, 1.82) is 10.5 Å². The van der Waals surface area contributed by atoms with E-state index in [0.717, 1.165) is 0 Å². The molecule has 0 unspecified atom stereocenters. The molecule has 0 spiro atoms. The van der Waals surface area contributed by atoms with Crippen molar-refractivity contribution in [2.45, 2.75) is 0 Å². The minimum Gasteiger partial charge on any atom is -0.395 e. The highest BCUT2D eigenvalue weighted by Gasteiger charge is 2.06. The summed E-state index contributed by atoms with van der Waals surface area (Å²) in [5.41, 5.74) is 7.12. The molecule has 0 aliphatic carbocycles. The first-order valence-corrected chi connectivity index (χ1v) is 5.41. The Labute approximate surface area is 109 Å². The largest absolute Gasteiger partial charge is 0.395 e. The van der Waals surface area contributed by atoms with Crippen LogP contribution in [-0.4, -0.2) is 0 Å². The van der Waals surface area contributed by atoms with Gasteiger partial charge >= 0.3 is 0 Å². The first-order chi connectivity index (χ1) is 9.15. The van der Waals surface area contributed by atoms with Crippen LogP contribution in [0.15, 0.2) is 36.4 Å². The van der Waals surface area contributed by atoms with Crippen molar-refractivity contribution < 1.29 is 4.39 Å². The predicted octanol–water partition coefficient (Wildman–Crippen LogP) is 2.89. The monoisotopic (exact) mass is 252 g/mol. The lowest BCUT2D eigenvalue weighted by molar-refractivity contribution is 0.633. The molecule has 92 valence electrons. The molecular weight excluding hydrogens is 243 g/mol. The molecule has 0 aromatic heterocycles. The third-order valence-corrected chi connectivity index (χ3v) is 2.59. The first-order valence-electron chi connectivity index (χ1n) is 5.41. The Balaban J connectivity index is 2.38. The van der Waals surface area contributed by atoms with Gasteiger partial charge in [-0.15, -0.1) is 0 Å². The molecular formula is C14H9FN4. The van der Waals surface area contributed by atoms with Gasteiger partial charge in [-0.05, 0) is 30.3 Å². The molecule has 2 aromatic carbocycles. The minimum atomic E-state index is -0.515. The lowest BCUT2D eigenvalue weighted by atomic mass is 10.1. The number of hydrogen-bond donors (Lipinski definition) is 2. The van der Waals surface area contributed by atoms with E-state index >= 15 is 0 Å². The van der Waals surface area contributed by atoms with Crippen LogP contribution >= 0.6 is 0 Å². The molecule has 0 bridgehead atoms. The Morgan fingerprint density at radius 2 is 1.79 bits per heavy atom. The third kappa shape index (κ3) is 2.46. The molecule has 0 heterocycles. The van der Waals surface area contributed by atoms with E-state index in [2.05, 4.69) is 5.32 Å². The standard InChI is InChI=1S/C14H9FN4/c15-12-2-1-3-13(14(12)18)19-11-5-4-9(7-16)10(6-11)8-17/h1-6,19H,18H2. The van der Waals surface area contributed by atoms with Crippen molar-refractivity contribution in [3.8, 4) is 12.1 Å². The molecule has 2 aromatic rings. The predicted molar refractivity (Wildman–Crippen MR) is 70.0 cm³/mol. The second-order valence-electron chi connectivity index (χ2n) is 3.81. The van der Waals surface area contributed by atoms with Crippen molar-refractivity contribution in [1.82, 2.24) is 0 Å². The van der Waals surface area contributed by atoms with Gasteiger partial charge in [-0.2, -0.15) is 10.5 Å². The average molecular weight is 252 g/mol. The normalized spacial score (nSPS) is 9.42. The summed E-state index contributed by atoms with van der Waals surface area (Å²) in [6.07, 6.45) is 0. The molecule has 4 nitrogen and oxygen atoms in total. The molecule has 5 heteroatoms. The minimum absolute atomic E-state index is 0.00497. The Kier molecular flexibility index (Phi) is 3.31. The van der Waals surface area contributed by atoms with Gasteiger partial charge in [0.2, 0.25) is 0 Å². The topological polar surface area (TPSA) is 85.6 Å². The number of para-hydroxylation sites is 1. The summed E-state index contributed by atoms with van der Waals surface area (Å²) in [7, 11) is 0. The molecule has 0 amide bonds. The van der Waals surface area contributed by atoms with Gasteiger partial charge in [0.05, 0.1) is 22.5 Å². The number of benzene rings is 2. The molecule has 0 radical (unpaired) electrons. The Morgan fingerprint density at radius 1 is 1.05 bits per heavy atom. The quantitative estimate of drug-likeness (QED) is 0.804. The van der Waals surface area contributed by atoms with Crippen LogP contribution in [0.5, 0.6) is 0 Å². The highest BCUT2D eigenvalue weighted by Crippen LogP contribution is 2.26. The van der Waals surface area contributed by atoms with Crippen LogP contribution in [0, 0.1) is 28.5 Å². The summed E-state index contributed by atoms with van der Waals surface area (Å²) in [6, 6.07) is 12.9.